The van der Waals surface area contributed by atoms with Crippen LogP contribution in [-0.4, -0.2) is 24.4 Å². The quantitative estimate of drug-likeness (QED) is 0.389. The standard InChI is InChI=1S/C25H23ClN2O5/c26-18-9-11-19(12-10-18)27-23(29)7-4-8-25(31)32-17-24(30)28-20-13-15-22(16-14-20)33-21-5-2-1-3-6-21/h1-3,5-6,9-16H,4,7-8,17H2,(H,27,29)(H,28,30). The van der Waals surface area contributed by atoms with Crippen molar-refractivity contribution in [2.24, 2.45) is 0 Å². The van der Waals surface area contributed by atoms with Crippen molar-refractivity contribution in [2.75, 3.05) is 17.2 Å². The van der Waals surface area contributed by atoms with Crippen LogP contribution in [0.2, 0.25) is 5.02 Å². The molecule has 0 aromatic heterocycles. The molecule has 170 valence electrons. The van der Waals surface area contributed by atoms with Gasteiger partial charge in [0.25, 0.3) is 5.91 Å². The van der Waals surface area contributed by atoms with Gasteiger partial charge in [-0.1, -0.05) is 29.8 Å². The SMILES string of the molecule is O=C(CCCC(=O)OCC(=O)Nc1ccc(Oc2ccccc2)cc1)Nc1ccc(Cl)cc1. The molecule has 3 aromatic rings. The second-order valence-electron chi connectivity index (χ2n) is 7.06. The Morgan fingerprint density at radius 1 is 0.697 bits per heavy atom. The summed E-state index contributed by atoms with van der Waals surface area (Å²) in [5.74, 6) is 0.119. The van der Waals surface area contributed by atoms with Crippen LogP contribution in [0.25, 0.3) is 0 Å². The van der Waals surface area contributed by atoms with Gasteiger partial charge in [0.1, 0.15) is 11.5 Å². The van der Waals surface area contributed by atoms with Crippen LogP contribution in [-0.2, 0) is 19.1 Å². The molecule has 0 saturated heterocycles. The highest BCUT2D eigenvalue weighted by Crippen LogP contribution is 2.22. The van der Waals surface area contributed by atoms with E-state index in [1.165, 1.54) is 0 Å². The molecule has 0 aliphatic heterocycles. The molecule has 0 unspecified atom stereocenters. The van der Waals surface area contributed by atoms with Crippen molar-refractivity contribution in [1.29, 1.82) is 0 Å². The smallest absolute Gasteiger partial charge is 0.306 e. The molecule has 0 fully saturated rings. The topological polar surface area (TPSA) is 93.7 Å². The third-order valence-corrected chi connectivity index (χ3v) is 4.65. The molecule has 2 amide bonds. The Bertz CT molecular complexity index is 1070. The fourth-order valence-electron chi connectivity index (χ4n) is 2.80. The van der Waals surface area contributed by atoms with Gasteiger partial charge in [0.2, 0.25) is 5.91 Å². The summed E-state index contributed by atoms with van der Waals surface area (Å²) in [6.07, 6.45) is 0.497. The van der Waals surface area contributed by atoms with Gasteiger partial charge in [0.15, 0.2) is 6.61 Å². The van der Waals surface area contributed by atoms with Crippen molar-refractivity contribution < 1.29 is 23.9 Å². The number of ether oxygens (including phenoxy) is 2. The van der Waals surface area contributed by atoms with E-state index in [-0.39, 0.29) is 18.7 Å². The lowest BCUT2D eigenvalue weighted by molar-refractivity contribution is -0.147. The number of anilines is 2. The van der Waals surface area contributed by atoms with Gasteiger partial charge < -0.3 is 20.1 Å². The van der Waals surface area contributed by atoms with Crippen LogP contribution in [0.5, 0.6) is 11.5 Å². The summed E-state index contributed by atoms with van der Waals surface area (Å²) >= 11 is 5.80. The number of para-hydroxylation sites is 1. The van der Waals surface area contributed by atoms with E-state index < -0.39 is 18.5 Å². The molecule has 0 saturated carbocycles. The van der Waals surface area contributed by atoms with E-state index in [0.717, 1.165) is 0 Å². The third-order valence-electron chi connectivity index (χ3n) is 4.39. The predicted octanol–water partition coefficient (Wildman–Crippen LogP) is 5.42. The molecular formula is C25H23ClN2O5. The zero-order valence-electron chi connectivity index (χ0n) is 17.8. The van der Waals surface area contributed by atoms with Gasteiger partial charge in [0.05, 0.1) is 0 Å². The first kappa shape index (κ1) is 23.8. The number of rotatable bonds is 10. The first-order valence-corrected chi connectivity index (χ1v) is 10.7. The molecule has 0 aliphatic carbocycles. The minimum Gasteiger partial charge on any atom is -0.457 e. The van der Waals surface area contributed by atoms with Gasteiger partial charge in [-0.3, -0.25) is 14.4 Å². The molecular weight excluding hydrogens is 444 g/mol. The Hall–Kier alpha value is -3.84. The van der Waals surface area contributed by atoms with Crippen molar-refractivity contribution in [1.82, 2.24) is 0 Å². The van der Waals surface area contributed by atoms with Gasteiger partial charge in [0, 0.05) is 29.2 Å². The lowest BCUT2D eigenvalue weighted by Crippen LogP contribution is -2.21. The number of benzene rings is 3. The summed E-state index contributed by atoms with van der Waals surface area (Å²) in [6, 6.07) is 22.9. The van der Waals surface area contributed by atoms with Crippen LogP contribution in [0, 0.1) is 0 Å². The zero-order chi connectivity index (χ0) is 23.5. The maximum Gasteiger partial charge on any atom is 0.306 e. The Labute approximate surface area is 196 Å². The number of esters is 1. The summed E-state index contributed by atoms with van der Waals surface area (Å²) in [6.45, 7) is -0.405. The molecule has 33 heavy (non-hydrogen) atoms. The molecule has 7 nitrogen and oxygen atoms in total. The molecule has 0 atom stereocenters. The van der Waals surface area contributed by atoms with E-state index in [9.17, 15) is 14.4 Å². The summed E-state index contributed by atoms with van der Waals surface area (Å²) in [7, 11) is 0. The molecule has 0 spiro atoms. The Balaban J connectivity index is 1.31. The summed E-state index contributed by atoms with van der Waals surface area (Å²) < 4.78 is 10.7. The van der Waals surface area contributed by atoms with E-state index in [0.29, 0.717) is 34.3 Å². The highest BCUT2D eigenvalue weighted by Gasteiger charge is 2.10. The van der Waals surface area contributed by atoms with E-state index in [1.54, 1.807) is 48.5 Å². The number of hydrogen-bond donors (Lipinski definition) is 2. The van der Waals surface area contributed by atoms with Crippen LogP contribution < -0.4 is 15.4 Å². The minimum atomic E-state index is -0.545. The predicted molar refractivity (Wildman–Crippen MR) is 126 cm³/mol. The molecule has 2 N–H and O–H groups in total. The van der Waals surface area contributed by atoms with Crippen molar-refractivity contribution >= 4 is 40.8 Å². The lowest BCUT2D eigenvalue weighted by atomic mass is 10.2. The third kappa shape index (κ3) is 8.66. The summed E-state index contributed by atoms with van der Waals surface area (Å²) in [4.78, 5) is 35.7. The van der Waals surface area contributed by atoms with Gasteiger partial charge in [-0.25, -0.2) is 0 Å². The summed E-state index contributed by atoms with van der Waals surface area (Å²) in [5, 5.41) is 5.94. The zero-order valence-corrected chi connectivity index (χ0v) is 18.5. The Morgan fingerprint density at radius 3 is 1.94 bits per heavy atom. The molecule has 0 aliphatic rings. The number of nitrogens with one attached hydrogen (secondary N) is 2. The lowest BCUT2D eigenvalue weighted by Gasteiger charge is -2.09. The maximum atomic E-state index is 12.0. The van der Waals surface area contributed by atoms with Crippen molar-refractivity contribution in [3.05, 3.63) is 83.9 Å². The fraction of sp³-hybridized carbons (Fsp3) is 0.160. The second kappa shape index (κ2) is 12.3. The number of carbonyl (C=O) groups excluding carboxylic acids is 3. The maximum absolute atomic E-state index is 12.0. The van der Waals surface area contributed by atoms with E-state index in [4.69, 9.17) is 21.1 Å². The molecule has 3 aromatic carbocycles. The first-order valence-electron chi connectivity index (χ1n) is 10.3. The number of amides is 2. The van der Waals surface area contributed by atoms with E-state index >= 15 is 0 Å². The Morgan fingerprint density at radius 2 is 1.27 bits per heavy atom. The van der Waals surface area contributed by atoms with Crippen LogP contribution >= 0.6 is 11.6 Å². The highest BCUT2D eigenvalue weighted by molar-refractivity contribution is 6.30. The van der Waals surface area contributed by atoms with Crippen LogP contribution in [0.1, 0.15) is 19.3 Å². The van der Waals surface area contributed by atoms with Crippen molar-refractivity contribution in [2.45, 2.75) is 19.3 Å². The average Bonchev–Trinajstić information content (AvgIpc) is 2.81. The van der Waals surface area contributed by atoms with E-state index in [2.05, 4.69) is 10.6 Å². The second-order valence-corrected chi connectivity index (χ2v) is 7.49. The van der Waals surface area contributed by atoms with Gasteiger partial charge in [-0.05, 0) is 67.1 Å². The van der Waals surface area contributed by atoms with Crippen LogP contribution in [0.3, 0.4) is 0 Å². The number of hydrogen-bond acceptors (Lipinski definition) is 5. The van der Waals surface area contributed by atoms with Crippen LogP contribution in [0.4, 0.5) is 11.4 Å². The Kier molecular flexibility index (Phi) is 8.85. The fourth-order valence-corrected chi connectivity index (χ4v) is 2.92. The molecule has 0 heterocycles. The summed E-state index contributed by atoms with van der Waals surface area (Å²) in [5.41, 5.74) is 1.18. The number of carbonyl (C=O) groups is 3. The normalized spacial score (nSPS) is 10.2. The molecule has 0 radical (unpaired) electrons. The van der Waals surface area contributed by atoms with Crippen molar-refractivity contribution in [3.8, 4) is 11.5 Å². The van der Waals surface area contributed by atoms with E-state index in [1.807, 2.05) is 30.3 Å². The van der Waals surface area contributed by atoms with Crippen molar-refractivity contribution in [3.63, 3.8) is 0 Å². The number of halogens is 1. The molecule has 0 bridgehead atoms. The van der Waals surface area contributed by atoms with Crippen LogP contribution in [0.15, 0.2) is 78.9 Å². The monoisotopic (exact) mass is 466 g/mol. The molecule has 3 rings (SSSR count). The molecule has 8 heteroatoms. The van der Waals surface area contributed by atoms with Gasteiger partial charge >= 0.3 is 5.97 Å². The average molecular weight is 467 g/mol. The first-order chi connectivity index (χ1) is 16.0. The largest absolute Gasteiger partial charge is 0.457 e. The van der Waals surface area contributed by atoms with Gasteiger partial charge in [-0.15, -0.1) is 0 Å². The van der Waals surface area contributed by atoms with Gasteiger partial charge in [-0.2, -0.15) is 0 Å². The minimum absolute atomic E-state index is 0.0346. The highest BCUT2D eigenvalue weighted by atomic mass is 35.5.